The van der Waals surface area contributed by atoms with E-state index in [9.17, 15) is 4.79 Å². The van der Waals surface area contributed by atoms with Gasteiger partial charge in [-0.25, -0.2) is 4.68 Å². The number of nitrogens with one attached hydrogen (secondary N) is 1. The summed E-state index contributed by atoms with van der Waals surface area (Å²) in [4.78, 5) is 15.8. The summed E-state index contributed by atoms with van der Waals surface area (Å²) >= 11 is 0. The Hall–Kier alpha value is -3.39. The van der Waals surface area contributed by atoms with E-state index in [0.717, 1.165) is 61.7 Å². The Labute approximate surface area is 368 Å². The van der Waals surface area contributed by atoms with Gasteiger partial charge in [0.25, 0.3) is 0 Å². The van der Waals surface area contributed by atoms with Crippen molar-refractivity contribution in [2.75, 3.05) is 106 Å². The Morgan fingerprint density at radius 2 is 1.26 bits per heavy atom. The van der Waals surface area contributed by atoms with Crippen molar-refractivity contribution < 1.29 is 42.7 Å². The molecule has 17 heteroatoms. The zero-order valence-electron chi connectivity index (χ0n) is 37.8. The Balaban J connectivity index is 0.836. The first-order chi connectivity index (χ1) is 30.4. The molecule has 2 fully saturated rings. The Morgan fingerprint density at radius 1 is 0.694 bits per heavy atom. The Bertz CT molecular complexity index is 1620. The van der Waals surface area contributed by atoms with E-state index in [-0.39, 0.29) is 11.9 Å². The second kappa shape index (κ2) is 29.1. The highest BCUT2D eigenvalue weighted by Crippen LogP contribution is 2.42. The third-order valence-corrected chi connectivity index (χ3v) is 11.2. The largest absolute Gasteiger partial charge is 0.379 e. The van der Waals surface area contributed by atoms with Gasteiger partial charge in [-0.2, -0.15) is 0 Å². The number of fused-ring (bicyclic) bond motifs is 2. The lowest BCUT2D eigenvalue weighted by Crippen LogP contribution is -2.45. The summed E-state index contributed by atoms with van der Waals surface area (Å²) < 4.78 is 48.7. The van der Waals surface area contributed by atoms with E-state index in [0.29, 0.717) is 136 Å². The molecule has 0 spiro atoms. The first kappa shape index (κ1) is 49.6. The molecule has 1 aromatic carbocycles. The molecule has 2 saturated heterocycles. The molecular formula is C45H74N8O9. The van der Waals surface area contributed by atoms with Gasteiger partial charge in [0.05, 0.1) is 118 Å². The van der Waals surface area contributed by atoms with E-state index in [1.165, 1.54) is 12.8 Å². The van der Waals surface area contributed by atoms with Crippen molar-refractivity contribution >= 4 is 5.91 Å². The number of nitrogens with zero attached hydrogens (tertiary/aromatic N) is 7. The lowest BCUT2D eigenvalue weighted by atomic mass is 9.95. The lowest BCUT2D eigenvalue weighted by Gasteiger charge is -2.40. The van der Waals surface area contributed by atoms with E-state index in [1.54, 1.807) is 4.68 Å². The SMILES string of the molecule is CCCOCCOCCOCCOCCn1cc(COCCOCCOCCOCCC(=O)N[C@@H](CCN2C3CCC2CC(n2c(C)nnc2C(C)C)C3)c2ccccc2)nn1. The smallest absolute Gasteiger partial charge is 0.222 e. The van der Waals surface area contributed by atoms with E-state index in [4.69, 9.17) is 37.9 Å². The van der Waals surface area contributed by atoms with Gasteiger partial charge in [0.15, 0.2) is 0 Å². The van der Waals surface area contributed by atoms with Crippen molar-refractivity contribution in [2.24, 2.45) is 0 Å². The summed E-state index contributed by atoms with van der Waals surface area (Å²) in [7, 11) is 0. The number of aryl methyl sites for hydroxylation is 1. The number of benzene rings is 1. The number of hydrogen-bond acceptors (Lipinski definition) is 14. The van der Waals surface area contributed by atoms with E-state index in [1.807, 2.05) is 24.4 Å². The van der Waals surface area contributed by atoms with Gasteiger partial charge in [0.2, 0.25) is 5.91 Å². The van der Waals surface area contributed by atoms with Crippen LogP contribution in [0.3, 0.4) is 0 Å². The molecule has 2 aromatic heterocycles. The predicted octanol–water partition coefficient (Wildman–Crippen LogP) is 4.85. The highest BCUT2D eigenvalue weighted by atomic mass is 16.6. The zero-order valence-corrected chi connectivity index (χ0v) is 37.8. The quantitative estimate of drug-likeness (QED) is 0.0797. The lowest BCUT2D eigenvalue weighted by molar-refractivity contribution is -0.123. The van der Waals surface area contributed by atoms with E-state index < -0.39 is 0 Å². The van der Waals surface area contributed by atoms with Gasteiger partial charge < -0.3 is 47.8 Å². The van der Waals surface area contributed by atoms with Crippen LogP contribution in [0.1, 0.15) is 107 Å². The number of piperidine rings is 1. The molecule has 0 saturated carbocycles. The molecule has 17 nitrogen and oxygen atoms in total. The molecule has 1 N–H and O–H groups in total. The standard InChI is InChI=1S/C45H74N8O9/c1-5-17-55-20-23-58-26-27-60-25-22-57-19-16-51-34-39(48-50-51)35-62-31-30-61-29-28-59-24-21-56-18-14-44(54)46-43(38-9-7-6-8-10-38)13-15-52-40-11-12-41(52)33-42(32-40)53-37(4)47-49-45(53)36(2)3/h6-10,34,36,40-43H,5,11-33,35H2,1-4H3,(H,46,54)/t40?,41?,42?,43-/m0/s1. The van der Waals surface area contributed by atoms with Gasteiger partial charge in [-0.05, 0) is 51.0 Å². The van der Waals surface area contributed by atoms with Crippen molar-refractivity contribution in [3.05, 3.63) is 59.4 Å². The van der Waals surface area contributed by atoms with Crippen LogP contribution in [0.2, 0.25) is 0 Å². The maximum atomic E-state index is 13.1. The monoisotopic (exact) mass is 871 g/mol. The van der Waals surface area contributed by atoms with Crippen molar-refractivity contribution in [3.8, 4) is 0 Å². The second-order valence-electron chi connectivity index (χ2n) is 16.3. The molecule has 2 unspecified atom stereocenters. The molecule has 3 aromatic rings. The third-order valence-electron chi connectivity index (χ3n) is 11.2. The van der Waals surface area contributed by atoms with Crippen LogP contribution < -0.4 is 5.32 Å². The summed E-state index contributed by atoms with van der Waals surface area (Å²) in [6.45, 7) is 18.1. The summed E-state index contributed by atoms with van der Waals surface area (Å²) in [5.41, 5.74) is 1.88. The molecule has 2 aliphatic heterocycles. The summed E-state index contributed by atoms with van der Waals surface area (Å²) in [6.07, 6.45) is 8.73. The Morgan fingerprint density at radius 3 is 1.85 bits per heavy atom. The molecule has 62 heavy (non-hydrogen) atoms. The minimum Gasteiger partial charge on any atom is -0.379 e. The normalized spacial score (nSPS) is 18.2. The van der Waals surface area contributed by atoms with Crippen LogP contribution in [-0.4, -0.2) is 158 Å². The van der Waals surface area contributed by atoms with Gasteiger partial charge >= 0.3 is 0 Å². The van der Waals surface area contributed by atoms with Crippen molar-refractivity contribution in [2.45, 2.75) is 116 Å². The molecule has 2 aliphatic rings. The van der Waals surface area contributed by atoms with Gasteiger partial charge in [-0.1, -0.05) is 56.3 Å². The molecule has 0 radical (unpaired) electrons. The number of hydrogen-bond donors (Lipinski definition) is 1. The average Bonchev–Trinajstić information content (AvgIpc) is 3.97. The number of carbonyl (C=O) groups is 1. The topological polar surface area (TPSA) is 168 Å². The first-order valence-electron chi connectivity index (χ1n) is 22.9. The minimum atomic E-state index is -0.0522. The molecule has 4 heterocycles. The van der Waals surface area contributed by atoms with Crippen molar-refractivity contribution in [1.82, 2.24) is 40.0 Å². The van der Waals surface area contributed by atoms with E-state index >= 15 is 0 Å². The number of ether oxygens (including phenoxy) is 8. The van der Waals surface area contributed by atoms with Crippen LogP contribution in [0.25, 0.3) is 0 Å². The van der Waals surface area contributed by atoms with Crippen LogP contribution in [0, 0.1) is 6.92 Å². The number of aromatic nitrogens is 6. The van der Waals surface area contributed by atoms with E-state index in [2.05, 4.69) is 75.1 Å². The highest BCUT2D eigenvalue weighted by Gasteiger charge is 2.42. The molecule has 348 valence electrons. The minimum absolute atomic E-state index is 0.00393. The third kappa shape index (κ3) is 17.6. The predicted molar refractivity (Wildman–Crippen MR) is 233 cm³/mol. The Kier molecular flexibility index (Phi) is 23.3. The maximum absolute atomic E-state index is 13.1. The van der Waals surface area contributed by atoms with Crippen LogP contribution in [0.5, 0.6) is 0 Å². The van der Waals surface area contributed by atoms with Crippen LogP contribution in [0.4, 0.5) is 0 Å². The summed E-state index contributed by atoms with van der Waals surface area (Å²) in [6, 6.07) is 11.8. The van der Waals surface area contributed by atoms with Crippen molar-refractivity contribution in [3.63, 3.8) is 0 Å². The van der Waals surface area contributed by atoms with Gasteiger partial charge in [0.1, 0.15) is 17.3 Å². The molecule has 1 amide bonds. The summed E-state index contributed by atoms with van der Waals surface area (Å²) in [5.74, 6) is 2.47. The fraction of sp³-hybridized carbons (Fsp3) is 0.756. The fourth-order valence-corrected chi connectivity index (χ4v) is 8.18. The van der Waals surface area contributed by atoms with Gasteiger partial charge in [0, 0.05) is 43.6 Å². The van der Waals surface area contributed by atoms with Crippen molar-refractivity contribution in [1.29, 1.82) is 0 Å². The molecule has 0 aliphatic carbocycles. The number of amides is 1. The van der Waals surface area contributed by atoms with Gasteiger partial charge in [-0.3, -0.25) is 9.69 Å². The number of rotatable bonds is 35. The summed E-state index contributed by atoms with van der Waals surface area (Å²) in [5, 5.41) is 20.5. The van der Waals surface area contributed by atoms with Gasteiger partial charge in [-0.15, -0.1) is 15.3 Å². The number of carbonyl (C=O) groups excluding carboxylic acids is 1. The van der Waals surface area contributed by atoms with Crippen LogP contribution in [-0.2, 0) is 55.8 Å². The first-order valence-corrected chi connectivity index (χ1v) is 22.9. The van der Waals surface area contributed by atoms with Crippen LogP contribution in [0.15, 0.2) is 36.5 Å². The molecule has 5 rings (SSSR count). The highest BCUT2D eigenvalue weighted by molar-refractivity contribution is 5.76. The second-order valence-corrected chi connectivity index (χ2v) is 16.3. The zero-order chi connectivity index (χ0) is 43.6. The molecule has 3 atom stereocenters. The molecular weight excluding hydrogens is 797 g/mol. The van der Waals surface area contributed by atoms with Crippen LogP contribution >= 0.6 is 0 Å². The maximum Gasteiger partial charge on any atom is 0.222 e. The average molecular weight is 871 g/mol. The fourth-order valence-electron chi connectivity index (χ4n) is 8.18. The molecule has 2 bridgehead atoms.